The number of hydrogen-bond acceptors (Lipinski definition) is 3. The zero-order valence-electron chi connectivity index (χ0n) is 17.4. The van der Waals surface area contributed by atoms with Crippen LogP contribution in [0.1, 0.15) is 48.5 Å². The number of aromatic nitrogens is 1. The molecule has 0 aliphatic heterocycles. The number of pyridine rings is 1. The molecule has 1 amide bonds. The largest absolute Gasteiger partial charge is 0.356 e. The smallest absolute Gasteiger partial charge is 0.224 e. The van der Waals surface area contributed by atoms with Crippen LogP contribution in [0.25, 0.3) is 0 Å². The molecule has 2 aromatic rings. The van der Waals surface area contributed by atoms with Crippen LogP contribution in [0.5, 0.6) is 0 Å². The number of aryl methyl sites for hydroxylation is 1. The Balaban J connectivity index is 1.45. The van der Waals surface area contributed by atoms with Gasteiger partial charge in [-0.2, -0.15) is 0 Å². The van der Waals surface area contributed by atoms with Gasteiger partial charge in [0, 0.05) is 12.7 Å². The second kappa shape index (κ2) is 9.83. The summed E-state index contributed by atoms with van der Waals surface area (Å²) >= 11 is 0. The molecule has 3 rings (SSSR count). The minimum absolute atomic E-state index is 0.130. The Labute approximate surface area is 169 Å². The normalized spacial score (nSPS) is 20.7. The van der Waals surface area contributed by atoms with Gasteiger partial charge in [-0.1, -0.05) is 35.9 Å². The van der Waals surface area contributed by atoms with Crippen molar-refractivity contribution in [1.82, 2.24) is 15.2 Å². The van der Waals surface area contributed by atoms with E-state index in [2.05, 4.69) is 60.5 Å². The van der Waals surface area contributed by atoms with Gasteiger partial charge >= 0.3 is 0 Å². The highest BCUT2D eigenvalue weighted by atomic mass is 16.1. The molecule has 4 nitrogen and oxygen atoms in total. The van der Waals surface area contributed by atoms with E-state index in [9.17, 15) is 4.79 Å². The SMILES string of the molecule is Cc1ccc(CC(=O)NCC2CCC(C(c3ccccn3)N(C)C)CC2)cc1. The van der Waals surface area contributed by atoms with Gasteiger partial charge in [0.2, 0.25) is 5.91 Å². The predicted molar refractivity (Wildman–Crippen MR) is 114 cm³/mol. The van der Waals surface area contributed by atoms with Gasteiger partial charge < -0.3 is 10.2 Å². The maximum atomic E-state index is 12.3. The van der Waals surface area contributed by atoms with Crippen LogP contribution in [0.4, 0.5) is 0 Å². The molecule has 4 heteroatoms. The first kappa shape index (κ1) is 20.5. The summed E-state index contributed by atoms with van der Waals surface area (Å²) in [7, 11) is 4.30. The molecule has 1 aliphatic carbocycles. The van der Waals surface area contributed by atoms with Gasteiger partial charge in [-0.05, 0) is 76.2 Å². The number of benzene rings is 1. The van der Waals surface area contributed by atoms with Gasteiger partial charge in [-0.25, -0.2) is 0 Å². The summed E-state index contributed by atoms with van der Waals surface area (Å²) in [5.74, 6) is 1.35. The lowest BCUT2D eigenvalue weighted by Crippen LogP contribution is -2.35. The Bertz CT molecular complexity index is 734. The first-order valence-corrected chi connectivity index (χ1v) is 10.4. The first-order valence-electron chi connectivity index (χ1n) is 10.4. The molecule has 1 N–H and O–H groups in total. The lowest BCUT2D eigenvalue weighted by Gasteiger charge is -2.37. The highest BCUT2D eigenvalue weighted by molar-refractivity contribution is 5.78. The third kappa shape index (κ3) is 5.65. The van der Waals surface area contributed by atoms with Crippen molar-refractivity contribution in [3.8, 4) is 0 Å². The van der Waals surface area contributed by atoms with Crippen LogP contribution >= 0.6 is 0 Å². The molecule has 28 heavy (non-hydrogen) atoms. The molecule has 1 atom stereocenters. The van der Waals surface area contributed by atoms with E-state index in [1.165, 1.54) is 36.9 Å². The van der Waals surface area contributed by atoms with Gasteiger partial charge in [0.05, 0.1) is 18.2 Å². The zero-order chi connectivity index (χ0) is 19.9. The molecule has 1 saturated carbocycles. The van der Waals surface area contributed by atoms with E-state index in [0.29, 0.717) is 24.3 Å². The Morgan fingerprint density at radius 1 is 1.11 bits per heavy atom. The van der Waals surface area contributed by atoms with Crippen molar-refractivity contribution in [2.75, 3.05) is 20.6 Å². The van der Waals surface area contributed by atoms with E-state index in [1.54, 1.807) is 0 Å². The summed E-state index contributed by atoms with van der Waals surface area (Å²) in [5.41, 5.74) is 3.47. The third-order valence-corrected chi connectivity index (χ3v) is 5.96. The fraction of sp³-hybridized carbons (Fsp3) is 0.500. The maximum absolute atomic E-state index is 12.3. The lowest BCUT2D eigenvalue weighted by molar-refractivity contribution is -0.120. The highest BCUT2D eigenvalue weighted by Crippen LogP contribution is 2.38. The summed E-state index contributed by atoms with van der Waals surface area (Å²) in [6.07, 6.45) is 7.09. The molecule has 1 aliphatic rings. The highest BCUT2D eigenvalue weighted by Gasteiger charge is 2.30. The minimum atomic E-state index is 0.130. The fourth-order valence-electron chi connectivity index (χ4n) is 4.40. The van der Waals surface area contributed by atoms with E-state index in [0.717, 1.165) is 12.1 Å². The van der Waals surface area contributed by atoms with E-state index < -0.39 is 0 Å². The number of nitrogens with zero attached hydrogens (tertiary/aromatic N) is 2. The third-order valence-electron chi connectivity index (χ3n) is 5.96. The van der Waals surface area contributed by atoms with Gasteiger partial charge in [0.1, 0.15) is 0 Å². The number of amides is 1. The molecule has 150 valence electrons. The van der Waals surface area contributed by atoms with Gasteiger partial charge in [-0.3, -0.25) is 9.78 Å². The molecule has 1 heterocycles. The average Bonchev–Trinajstić information content (AvgIpc) is 2.70. The Kier molecular flexibility index (Phi) is 7.21. The molecule has 0 bridgehead atoms. The molecule has 0 saturated heterocycles. The monoisotopic (exact) mass is 379 g/mol. The van der Waals surface area contributed by atoms with Crippen molar-refractivity contribution in [2.45, 2.75) is 45.1 Å². The summed E-state index contributed by atoms with van der Waals surface area (Å²) in [4.78, 5) is 19.2. The van der Waals surface area contributed by atoms with Crippen molar-refractivity contribution in [2.24, 2.45) is 11.8 Å². The molecule has 0 radical (unpaired) electrons. The second-order valence-electron chi connectivity index (χ2n) is 8.41. The molecule has 1 aromatic heterocycles. The van der Waals surface area contributed by atoms with Crippen LogP contribution in [0.15, 0.2) is 48.7 Å². The number of rotatable bonds is 7. The van der Waals surface area contributed by atoms with E-state index in [4.69, 9.17) is 0 Å². The number of hydrogen-bond donors (Lipinski definition) is 1. The molecule has 1 unspecified atom stereocenters. The molecular weight excluding hydrogens is 346 g/mol. The molecule has 1 fully saturated rings. The number of carbonyl (C=O) groups excluding carboxylic acids is 1. The summed E-state index contributed by atoms with van der Waals surface area (Å²) in [6, 6.07) is 14.8. The second-order valence-corrected chi connectivity index (χ2v) is 8.41. The van der Waals surface area contributed by atoms with Crippen LogP contribution in [-0.4, -0.2) is 36.4 Å². The maximum Gasteiger partial charge on any atom is 0.224 e. The molecular formula is C24H33N3O. The van der Waals surface area contributed by atoms with Crippen LogP contribution in [0, 0.1) is 18.8 Å². The number of carbonyl (C=O) groups is 1. The van der Waals surface area contributed by atoms with Gasteiger partial charge in [-0.15, -0.1) is 0 Å². The summed E-state index contributed by atoms with van der Waals surface area (Å²) < 4.78 is 0. The van der Waals surface area contributed by atoms with Gasteiger partial charge in [0.25, 0.3) is 0 Å². The Hall–Kier alpha value is -2.20. The zero-order valence-corrected chi connectivity index (χ0v) is 17.4. The summed E-state index contributed by atoms with van der Waals surface area (Å²) in [5, 5.41) is 3.15. The quantitative estimate of drug-likeness (QED) is 0.786. The predicted octanol–water partition coefficient (Wildman–Crippen LogP) is 4.16. The van der Waals surface area contributed by atoms with Crippen LogP contribution in [0.2, 0.25) is 0 Å². The molecule has 0 spiro atoms. The average molecular weight is 380 g/mol. The minimum Gasteiger partial charge on any atom is -0.356 e. The van der Waals surface area contributed by atoms with Crippen molar-refractivity contribution < 1.29 is 4.79 Å². The van der Waals surface area contributed by atoms with Gasteiger partial charge in [0.15, 0.2) is 0 Å². The first-order chi connectivity index (χ1) is 13.5. The Morgan fingerprint density at radius 2 is 1.82 bits per heavy atom. The standard InChI is InChI=1S/C24H33N3O/c1-18-7-9-19(10-8-18)16-23(28)26-17-20-11-13-21(14-12-20)24(27(2)3)22-6-4-5-15-25-22/h4-10,15,20-21,24H,11-14,16-17H2,1-3H3,(H,26,28). The van der Waals surface area contributed by atoms with Crippen LogP contribution in [0.3, 0.4) is 0 Å². The Morgan fingerprint density at radius 3 is 2.43 bits per heavy atom. The molecule has 1 aromatic carbocycles. The lowest BCUT2D eigenvalue weighted by atomic mass is 9.77. The van der Waals surface area contributed by atoms with E-state index in [1.807, 2.05) is 24.4 Å². The van der Waals surface area contributed by atoms with Crippen LogP contribution in [-0.2, 0) is 11.2 Å². The number of nitrogens with one attached hydrogen (secondary N) is 1. The van der Waals surface area contributed by atoms with Crippen molar-refractivity contribution in [1.29, 1.82) is 0 Å². The van der Waals surface area contributed by atoms with Crippen molar-refractivity contribution in [3.05, 3.63) is 65.5 Å². The van der Waals surface area contributed by atoms with Crippen molar-refractivity contribution in [3.63, 3.8) is 0 Å². The summed E-state index contributed by atoms with van der Waals surface area (Å²) in [6.45, 7) is 2.86. The fourth-order valence-corrected chi connectivity index (χ4v) is 4.40. The van der Waals surface area contributed by atoms with E-state index in [-0.39, 0.29) is 5.91 Å². The van der Waals surface area contributed by atoms with Crippen molar-refractivity contribution >= 4 is 5.91 Å². The van der Waals surface area contributed by atoms with E-state index >= 15 is 0 Å². The topological polar surface area (TPSA) is 45.2 Å². The van der Waals surface area contributed by atoms with Crippen LogP contribution < -0.4 is 5.32 Å².